The highest BCUT2D eigenvalue weighted by molar-refractivity contribution is 7.14. The van der Waals surface area contributed by atoms with Gasteiger partial charge in [0, 0.05) is 18.0 Å². The van der Waals surface area contributed by atoms with Crippen molar-refractivity contribution in [2.75, 3.05) is 19.6 Å². The smallest absolute Gasteiger partial charge is 0.261 e. The summed E-state index contributed by atoms with van der Waals surface area (Å²) in [7, 11) is 0. The number of rotatable bonds is 4. The molecule has 0 atom stereocenters. The maximum absolute atomic E-state index is 12.2. The maximum atomic E-state index is 12.2. The summed E-state index contributed by atoms with van der Waals surface area (Å²) in [5, 5.41) is 6.37. The molecule has 0 unspecified atom stereocenters. The van der Waals surface area contributed by atoms with Gasteiger partial charge < -0.3 is 10.6 Å². The zero-order valence-electron chi connectivity index (χ0n) is 11.8. The first-order valence-corrected chi connectivity index (χ1v) is 8.43. The zero-order valence-corrected chi connectivity index (χ0v) is 12.7. The third-order valence-electron chi connectivity index (χ3n) is 4.11. The van der Waals surface area contributed by atoms with Crippen molar-refractivity contribution >= 4 is 17.2 Å². The predicted molar refractivity (Wildman–Crippen MR) is 83.5 cm³/mol. The minimum atomic E-state index is 0.110. The molecule has 1 amide bonds. The highest BCUT2D eigenvalue weighted by atomic mass is 32.1. The molecule has 1 aliphatic carbocycles. The largest absolute Gasteiger partial charge is 0.351 e. The topological polar surface area (TPSA) is 41.1 Å². The fourth-order valence-corrected chi connectivity index (χ4v) is 4.09. The molecule has 0 saturated heterocycles. The maximum Gasteiger partial charge on any atom is 0.261 e. The lowest BCUT2D eigenvalue weighted by Gasteiger charge is -2.13. The van der Waals surface area contributed by atoms with Gasteiger partial charge in [0.1, 0.15) is 0 Å². The summed E-state index contributed by atoms with van der Waals surface area (Å²) in [4.78, 5) is 14.5. The van der Waals surface area contributed by atoms with Crippen molar-refractivity contribution in [1.82, 2.24) is 10.6 Å². The van der Waals surface area contributed by atoms with E-state index < -0.39 is 0 Å². The van der Waals surface area contributed by atoms with E-state index in [1.165, 1.54) is 28.9 Å². The first-order valence-electron chi connectivity index (χ1n) is 7.61. The van der Waals surface area contributed by atoms with E-state index in [0.29, 0.717) is 0 Å². The standard InChI is InChI=1S/C16H22N2OS/c19-16(18-10-7-12-5-8-17-9-6-12)15-11-13-3-1-2-4-14(13)20-15/h5,11,17H,1-4,6-10H2,(H,18,19). The Morgan fingerprint density at radius 1 is 1.30 bits per heavy atom. The molecule has 2 aliphatic rings. The van der Waals surface area contributed by atoms with Gasteiger partial charge in [-0.15, -0.1) is 11.3 Å². The Morgan fingerprint density at radius 2 is 2.20 bits per heavy atom. The fourth-order valence-electron chi connectivity index (χ4n) is 2.92. The van der Waals surface area contributed by atoms with Gasteiger partial charge in [-0.05, 0) is 56.7 Å². The predicted octanol–water partition coefficient (Wildman–Crippen LogP) is 2.67. The van der Waals surface area contributed by atoms with Crippen molar-refractivity contribution in [2.45, 2.75) is 38.5 Å². The van der Waals surface area contributed by atoms with Crippen LogP contribution in [-0.2, 0) is 12.8 Å². The number of amides is 1. The molecule has 0 aromatic carbocycles. The molecule has 1 aliphatic heterocycles. The molecule has 108 valence electrons. The molecular formula is C16H22N2OS. The van der Waals surface area contributed by atoms with Gasteiger partial charge in [0.05, 0.1) is 4.88 Å². The van der Waals surface area contributed by atoms with Crippen LogP contribution in [0, 0.1) is 0 Å². The second kappa shape index (κ2) is 6.55. The Morgan fingerprint density at radius 3 is 3.00 bits per heavy atom. The van der Waals surface area contributed by atoms with Crippen molar-refractivity contribution in [3.05, 3.63) is 33.0 Å². The Hall–Kier alpha value is -1.13. The molecule has 0 bridgehead atoms. The van der Waals surface area contributed by atoms with Crippen LogP contribution in [0.15, 0.2) is 17.7 Å². The van der Waals surface area contributed by atoms with Crippen LogP contribution in [-0.4, -0.2) is 25.5 Å². The van der Waals surface area contributed by atoms with Crippen LogP contribution < -0.4 is 10.6 Å². The highest BCUT2D eigenvalue weighted by Gasteiger charge is 2.17. The number of carbonyl (C=O) groups is 1. The average Bonchev–Trinajstić information content (AvgIpc) is 2.92. The molecular weight excluding hydrogens is 268 g/mol. The Bertz CT molecular complexity index is 495. The Balaban J connectivity index is 1.51. The van der Waals surface area contributed by atoms with Crippen LogP contribution in [0.25, 0.3) is 0 Å². The van der Waals surface area contributed by atoms with Crippen molar-refractivity contribution in [3.8, 4) is 0 Å². The van der Waals surface area contributed by atoms with Gasteiger partial charge in [-0.25, -0.2) is 0 Å². The number of hydrogen-bond acceptors (Lipinski definition) is 3. The fraction of sp³-hybridized carbons (Fsp3) is 0.562. The van der Waals surface area contributed by atoms with E-state index in [0.717, 1.165) is 50.2 Å². The summed E-state index contributed by atoms with van der Waals surface area (Å²) in [5.41, 5.74) is 2.88. The number of thiophene rings is 1. The van der Waals surface area contributed by atoms with Gasteiger partial charge in [-0.1, -0.05) is 11.6 Å². The van der Waals surface area contributed by atoms with Gasteiger partial charge in [-0.2, -0.15) is 0 Å². The number of hydrogen-bond donors (Lipinski definition) is 2. The molecule has 20 heavy (non-hydrogen) atoms. The van der Waals surface area contributed by atoms with Gasteiger partial charge in [-0.3, -0.25) is 4.79 Å². The summed E-state index contributed by atoms with van der Waals surface area (Å²) in [6.07, 6.45) is 9.21. The number of fused-ring (bicyclic) bond motifs is 1. The lowest BCUT2D eigenvalue weighted by molar-refractivity contribution is 0.0958. The van der Waals surface area contributed by atoms with E-state index in [9.17, 15) is 4.79 Å². The zero-order chi connectivity index (χ0) is 13.8. The van der Waals surface area contributed by atoms with E-state index >= 15 is 0 Å². The summed E-state index contributed by atoms with van der Waals surface area (Å²) in [5.74, 6) is 0.110. The van der Waals surface area contributed by atoms with Crippen LogP contribution in [0.1, 0.15) is 45.8 Å². The molecule has 4 heteroatoms. The van der Waals surface area contributed by atoms with Gasteiger partial charge in [0.2, 0.25) is 0 Å². The molecule has 1 aromatic rings. The van der Waals surface area contributed by atoms with Crippen LogP contribution >= 0.6 is 11.3 Å². The molecule has 0 saturated carbocycles. The van der Waals surface area contributed by atoms with E-state index in [-0.39, 0.29) is 5.91 Å². The lowest BCUT2D eigenvalue weighted by Crippen LogP contribution is -2.26. The minimum absolute atomic E-state index is 0.110. The summed E-state index contributed by atoms with van der Waals surface area (Å²) in [6, 6.07) is 2.11. The second-order valence-corrected chi connectivity index (χ2v) is 6.73. The molecule has 2 heterocycles. The normalized spacial score (nSPS) is 18.3. The second-order valence-electron chi connectivity index (χ2n) is 5.59. The SMILES string of the molecule is O=C(NCCC1=CCNCC1)c1cc2c(s1)CCCC2. The molecule has 3 rings (SSSR count). The molecule has 3 nitrogen and oxygen atoms in total. The van der Waals surface area contributed by atoms with E-state index in [1.54, 1.807) is 11.3 Å². The third-order valence-corrected chi connectivity index (χ3v) is 5.35. The van der Waals surface area contributed by atoms with E-state index in [4.69, 9.17) is 0 Å². The number of nitrogens with one attached hydrogen (secondary N) is 2. The Labute approximate surface area is 124 Å². The third kappa shape index (κ3) is 3.30. The number of carbonyl (C=O) groups excluding carboxylic acids is 1. The van der Waals surface area contributed by atoms with Crippen LogP contribution in [0.3, 0.4) is 0 Å². The van der Waals surface area contributed by atoms with E-state index in [2.05, 4.69) is 22.8 Å². The average molecular weight is 290 g/mol. The van der Waals surface area contributed by atoms with Crippen molar-refractivity contribution in [1.29, 1.82) is 0 Å². The van der Waals surface area contributed by atoms with Gasteiger partial charge in [0.25, 0.3) is 5.91 Å². The van der Waals surface area contributed by atoms with Crippen molar-refractivity contribution < 1.29 is 4.79 Å². The van der Waals surface area contributed by atoms with Crippen molar-refractivity contribution in [2.24, 2.45) is 0 Å². The van der Waals surface area contributed by atoms with Gasteiger partial charge >= 0.3 is 0 Å². The molecule has 0 spiro atoms. The molecule has 0 fully saturated rings. The first-order chi connectivity index (χ1) is 9.83. The molecule has 2 N–H and O–H groups in total. The van der Waals surface area contributed by atoms with Crippen LogP contribution in [0.5, 0.6) is 0 Å². The van der Waals surface area contributed by atoms with E-state index in [1.807, 2.05) is 0 Å². The summed E-state index contributed by atoms with van der Waals surface area (Å²) < 4.78 is 0. The summed E-state index contributed by atoms with van der Waals surface area (Å²) >= 11 is 1.69. The summed E-state index contributed by atoms with van der Waals surface area (Å²) in [6.45, 7) is 2.80. The van der Waals surface area contributed by atoms with Crippen LogP contribution in [0.4, 0.5) is 0 Å². The van der Waals surface area contributed by atoms with Crippen molar-refractivity contribution in [3.63, 3.8) is 0 Å². The number of aryl methyl sites for hydroxylation is 2. The quantitative estimate of drug-likeness (QED) is 0.837. The highest BCUT2D eigenvalue weighted by Crippen LogP contribution is 2.29. The minimum Gasteiger partial charge on any atom is -0.351 e. The van der Waals surface area contributed by atoms with Gasteiger partial charge in [0.15, 0.2) is 0 Å². The molecule has 1 aromatic heterocycles. The lowest BCUT2D eigenvalue weighted by atomic mass is 9.99. The Kier molecular flexibility index (Phi) is 4.53. The van der Waals surface area contributed by atoms with Crippen LogP contribution in [0.2, 0.25) is 0 Å². The first kappa shape index (κ1) is 13.8. The monoisotopic (exact) mass is 290 g/mol. The molecule has 0 radical (unpaired) electrons.